The molecule has 0 unspecified atom stereocenters. The lowest BCUT2D eigenvalue weighted by atomic mass is 10.1. The fourth-order valence-electron chi connectivity index (χ4n) is 5.92. The second-order valence-corrected chi connectivity index (χ2v) is 11.5. The summed E-state index contributed by atoms with van der Waals surface area (Å²) in [6.07, 6.45) is 8.65. The van der Waals surface area contributed by atoms with Gasteiger partial charge >= 0.3 is 6.03 Å². The molecule has 2 N–H and O–H groups in total. The van der Waals surface area contributed by atoms with Crippen LogP contribution in [-0.4, -0.2) is 89.9 Å². The van der Waals surface area contributed by atoms with E-state index in [1.807, 2.05) is 0 Å². The largest absolute Gasteiger partial charge is 0.505 e. The number of carbonyl (C=O) groups excluding carboxylic acids is 1. The molecule has 1 aliphatic carbocycles. The maximum Gasteiger partial charge on any atom is 0.330 e. The number of nitrogens with zero attached hydrogens (tertiary/aromatic N) is 6. The number of hydrogen-bond acceptors (Lipinski definition) is 8. The fraction of sp³-hybridized carbons (Fsp3) is 0.621. The minimum atomic E-state index is -0.964. The number of rotatable bonds is 11. The molecule has 1 saturated heterocycles. The zero-order chi connectivity index (χ0) is 28.9. The highest BCUT2D eigenvalue weighted by atomic mass is 35.5. The predicted octanol–water partition coefficient (Wildman–Crippen LogP) is 5.09. The molecular weight excluding hydrogens is 549 g/mol. The van der Waals surface area contributed by atoms with Crippen LogP contribution in [0.1, 0.15) is 57.4 Å². The maximum absolute atomic E-state index is 15.3. The molecule has 1 aromatic heterocycles. The molecule has 0 radical (unpaired) electrons. The van der Waals surface area contributed by atoms with Gasteiger partial charge in [-0.05, 0) is 46.2 Å². The molecule has 3 heterocycles. The van der Waals surface area contributed by atoms with E-state index in [-0.39, 0.29) is 35.7 Å². The number of unbranched alkanes of at least 4 members (excludes halogenated alkanes) is 2. The van der Waals surface area contributed by atoms with Gasteiger partial charge in [0, 0.05) is 56.6 Å². The number of hydrogen-bond donors (Lipinski definition) is 2. The maximum atomic E-state index is 15.3. The molecule has 10 nitrogen and oxygen atoms in total. The van der Waals surface area contributed by atoms with Gasteiger partial charge in [0.2, 0.25) is 5.95 Å². The Morgan fingerprint density at radius 1 is 1.17 bits per heavy atom. The number of benzene rings is 1. The van der Waals surface area contributed by atoms with Gasteiger partial charge in [-0.3, -0.25) is 9.80 Å². The highest BCUT2D eigenvalue weighted by molar-refractivity contribution is 6.35. The topological polar surface area (TPSA) is 97.3 Å². The molecule has 0 bridgehead atoms. The van der Waals surface area contributed by atoms with Crippen LogP contribution in [0.15, 0.2) is 12.3 Å². The van der Waals surface area contributed by atoms with Crippen LogP contribution in [0.3, 0.4) is 0 Å². The van der Waals surface area contributed by atoms with Crippen molar-refractivity contribution in [2.75, 3.05) is 68.0 Å². The van der Waals surface area contributed by atoms with E-state index in [1.165, 1.54) is 4.90 Å². The minimum Gasteiger partial charge on any atom is -0.505 e. The van der Waals surface area contributed by atoms with Crippen LogP contribution in [0.2, 0.25) is 5.02 Å². The molecule has 224 valence electrons. The highest BCUT2D eigenvalue weighted by Gasteiger charge is 2.41. The number of aromatic nitrogens is 2. The third kappa shape index (κ3) is 6.62. The Morgan fingerprint density at radius 2 is 1.93 bits per heavy atom. The summed E-state index contributed by atoms with van der Waals surface area (Å²) in [6.45, 7) is 8.50. The third-order valence-electron chi connectivity index (χ3n) is 8.25. The van der Waals surface area contributed by atoms with Crippen molar-refractivity contribution in [2.45, 2.75) is 64.5 Å². The number of carbonyl (C=O) groups is 1. The number of likely N-dealkylation sites (N-methyl/N-ethyl adjacent to an activating group) is 1. The van der Waals surface area contributed by atoms with E-state index < -0.39 is 17.6 Å². The van der Waals surface area contributed by atoms with E-state index >= 15 is 4.39 Å². The third-order valence-corrected chi connectivity index (χ3v) is 8.62. The predicted molar refractivity (Wildman–Crippen MR) is 159 cm³/mol. The smallest absolute Gasteiger partial charge is 0.330 e. The first kappa shape index (κ1) is 29.6. The van der Waals surface area contributed by atoms with Crippen molar-refractivity contribution in [1.82, 2.24) is 19.8 Å². The van der Waals surface area contributed by atoms with Crippen LogP contribution in [-0.2, 0) is 6.54 Å². The Hall–Kier alpha value is -2.89. The Balaban J connectivity index is 1.29. The van der Waals surface area contributed by atoms with E-state index in [4.69, 9.17) is 21.3 Å². The molecular formula is C29H41ClFN7O3. The molecule has 5 rings (SSSR count). The Bertz CT molecular complexity index is 1220. The van der Waals surface area contributed by atoms with Crippen molar-refractivity contribution in [3.05, 3.63) is 28.7 Å². The number of amides is 2. The molecule has 1 saturated carbocycles. The van der Waals surface area contributed by atoms with Crippen LogP contribution in [0.25, 0.3) is 0 Å². The van der Waals surface area contributed by atoms with Gasteiger partial charge in [0.25, 0.3) is 0 Å². The Labute approximate surface area is 246 Å². The van der Waals surface area contributed by atoms with Crippen molar-refractivity contribution < 1.29 is 19.0 Å². The molecule has 2 aromatic rings. The summed E-state index contributed by atoms with van der Waals surface area (Å²) in [5.74, 6) is -0.445. The first-order valence-corrected chi connectivity index (χ1v) is 15.2. The highest BCUT2D eigenvalue weighted by Crippen LogP contribution is 2.45. The lowest BCUT2D eigenvalue weighted by molar-refractivity contribution is 0.152. The summed E-state index contributed by atoms with van der Waals surface area (Å²) in [5.41, 5.74) is 0.485. The van der Waals surface area contributed by atoms with Crippen LogP contribution in [0, 0.1) is 5.82 Å². The summed E-state index contributed by atoms with van der Waals surface area (Å²) < 4.78 is 20.8. The molecule has 2 aliphatic heterocycles. The van der Waals surface area contributed by atoms with Gasteiger partial charge in [-0.1, -0.05) is 30.9 Å². The van der Waals surface area contributed by atoms with Gasteiger partial charge < -0.3 is 25.0 Å². The number of fused-ring (bicyclic) bond motifs is 1. The fourth-order valence-corrected chi connectivity index (χ4v) is 6.21. The lowest BCUT2D eigenvalue weighted by Gasteiger charge is -2.39. The van der Waals surface area contributed by atoms with E-state index in [0.29, 0.717) is 17.3 Å². The Kier molecular flexibility index (Phi) is 9.67. The molecule has 0 spiro atoms. The van der Waals surface area contributed by atoms with Crippen molar-refractivity contribution in [2.24, 2.45) is 0 Å². The summed E-state index contributed by atoms with van der Waals surface area (Å²) in [4.78, 5) is 31.1. The van der Waals surface area contributed by atoms with Crippen LogP contribution in [0.4, 0.5) is 26.6 Å². The molecule has 2 fully saturated rings. The number of aromatic hydroxyl groups is 1. The molecule has 41 heavy (non-hydrogen) atoms. The summed E-state index contributed by atoms with van der Waals surface area (Å²) >= 11 is 6.53. The van der Waals surface area contributed by atoms with E-state index in [0.717, 1.165) is 90.3 Å². The number of phenols is 1. The number of piperazine rings is 1. The second-order valence-electron chi connectivity index (χ2n) is 11.2. The average Bonchev–Trinajstić information content (AvgIpc) is 3.49. The number of anilines is 3. The van der Waals surface area contributed by atoms with Crippen molar-refractivity contribution >= 4 is 35.1 Å². The number of phenolic OH excluding ortho intramolecular Hbond substituents is 1. The summed E-state index contributed by atoms with van der Waals surface area (Å²) in [7, 11) is 2.17. The van der Waals surface area contributed by atoms with Gasteiger partial charge in [-0.2, -0.15) is 4.98 Å². The first-order valence-electron chi connectivity index (χ1n) is 14.8. The van der Waals surface area contributed by atoms with E-state index in [1.54, 1.807) is 18.0 Å². The number of halogens is 2. The van der Waals surface area contributed by atoms with Crippen molar-refractivity contribution in [1.29, 1.82) is 0 Å². The zero-order valence-electron chi connectivity index (χ0n) is 24.0. The second kappa shape index (κ2) is 13.4. The number of nitrogens with one attached hydrogen (secondary N) is 1. The quantitative estimate of drug-likeness (QED) is 0.350. The molecule has 3 aliphatic rings. The van der Waals surface area contributed by atoms with Crippen LogP contribution < -0.4 is 19.9 Å². The van der Waals surface area contributed by atoms with E-state index in [9.17, 15) is 9.90 Å². The Morgan fingerprint density at radius 3 is 2.66 bits per heavy atom. The van der Waals surface area contributed by atoms with Gasteiger partial charge in [-0.25, -0.2) is 14.2 Å². The van der Waals surface area contributed by atoms with Crippen LogP contribution in [0.5, 0.6) is 11.5 Å². The minimum absolute atomic E-state index is 0.0234. The normalized spacial score (nSPS) is 18.7. The van der Waals surface area contributed by atoms with Gasteiger partial charge in [0.05, 0.1) is 13.2 Å². The number of urea groups is 1. The zero-order valence-corrected chi connectivity index (χ0v) is 24.8. The first-order chi connectivity index (χ1) is 19.9. The number of ether oxygens (including phenoxy) is 1. The van der Waals surface area contributed by atoms with E-state index in [2.05, 4.69) is 27.1 Å². The molecule has 0 atom stereocenters. The van der Waals surface area contributed by atoms with Crippen LogP contribution >= 0.6 is 11.6 Å². The average molecular weight is 590 g/mol. The standard InChI is InChI=1S/C29H41ClFN7O3/c1-3-41-23-17-22(39)25(31)26(24(23)30)37-19-20-18-33-28(34-27(20)38(29(37)40)21-9-5-6-10-21)32-11-7-4-8-12-36-15-13-35(2)14-16-36/h17-18,21,39H,3-16,19H2,1-2H3,(H,32,33,34). The molecule has 12 heteroatoms. The summed E-state index contributed by atoms with van der Waals surface area (Å²) in [5, 5.41) is 13.5. The monoisotopic (exact) mass is 589 g/mol. The lowest BCUT2D eigenvalue weighted by Crippen LogP contribution is -2.52. The summed E-state index contributed by atoms with van der Waals surface area (Å²) in [6, 6.07) is 0.647. The van der Waals surface area contributed by atoms with Gasteiger partial charge in [0.1, 0.15) is 22.3 Å². The van der Waals surface area contributed by atoms with Crippen molar-refractivity contribution in [3.63, 3.8) is 0 Å². The SMILES string of the molecule is CCOc1cc(O)c(F)c(N2Cc3cnc(NCCCCCN4CCN(C)CC4)nc3N(C3CCCC3)C2=O)c1Cl. The van der Waals surface area contributed by atoms with Gasteiger partial charge in [0.15, 0.2) is 11.6 Å². The van der Waals surface area contributed by atoms with Gasteiger partial charge in [-0.15, -0.1) is 0 Å². The molecule has 1 aromatic carbocycles. The van der Waals surface area contributed by atoms with Crippen molar-refractivity contribution in [3.8, 4) is 11.5 Å². The molecule has 2 amide bonds.